The molecule has 0 aromatic heterocycles. The smallest absolute Gasteiger partial charge is 0.326 e. The number of hydrogen-bond acceptors (Lipinski definition) is 3. The number of urea groups is 1. The van der Waals surface area contributed by atoms with Crippen molar-refractivity contribution in [2.75, 3.05) is 6.54 Å². The number of amides is 4. The van der Waals surface area contributed by atoms with Crippen molar-refractivity contribution >= 4 is 17.8 Å². The summed E-state index contributed by atoms with van der Waals surface area (Å²) in [6.07, 6.45) is 1.59. The van der Waals surface area contributed by atoms with Crippen molar-refractivity contribution in [2.24, 2.45) is 0 Å². The van der Waals surface area contributed by atoms with E-state index in [2.05, 4.69) is 22.8 Å². The Labute approximate surface area is 193 Å². The van der Waals surface area contributed by atoms with Crippen LogP contribution in [0.15, 0.2) is 91.0 Å². The summed E-state index contributed by atoms with van der Waals surface area (Å²) < 4.78 is 0. The number of aryl methyl sites for hydroxylation is 1. The highest BCUT2D eigenvalue weighted by Crippen LogP contribution is 2.35. The molecule has 4 amide bonds. The van der Waals surface area contributed by atoms with Gasteiger partial charge in [0.2, 0.25) is 5.91 Å². The number of imide groups is 1. The molecule has 0 saturated carbocycles. The van der Waals surface area contributed by atoms with Crippen molar-refractivity contribution in [3.8, 4) is 0 Å². The first kappa shape index (κ1) is 22.3. The molecule has 2 N–H and O–H groups in total. The highest BCUT2D eigenvalue weighted by molar-refractivity contribution is 6.11. The van der Waals surface area contributed by atoms with Gasteiger partial charge in [-0.3, -0.25) is 14.5 Å². The molecule has 6 nitrogen and oxygen atoms in total. The van der Waals surface area contributed by atoms with Gasteiger partial charge in [0, 0.05) is 6.04 Å². The van der Waals surface area contributed by atoms with Crippen molar-refractivity contribution in [1.29, 1.82) is 0 Å². The Morgan fingerprint density at radius 2 is 1.39 bits per heavy atom. The standard InChI is InChI=1S/C27H27N3O3/c1-20(17-18-21-11-5-2-6-12-21)28-24(31)19-30-25(32)27(29-26(30)33,22-13-7-3-8-14-22)23-15-9-4-10-16-23/h2-16,20H,17-19H2,1H3,(H,28,31)(H,29,33). The van der Waals surface area contributed by atoms with Crippen LogP contribution < -0.4 is 10.6 Å². The minimum Gasteiger partial charge on any atom is -0.352 e. The van der Waals surface area contributed by atoms with Crippen LogP contribution in [0.25, 0.3) is 0 Å². The minimum atomic E-state index is -1.36. The average molecular weight is 442 g/mol. The zero-order valence-corrected chi connectivity index (χ0v) is 18.5. The fourth-order valence-electron chi connectivity index (χ4n) is 4.22. The maximum atomic E-state index is 13.6. The normalized spacial score (nSPS) is 15.7. The second kappa shape index (κ2) is 9.69. The first-order valence-corrected chi connectivity index (χ1v) is 11.1. The van der Waals surface area contributed by atoms with Gasteiger partial charge in [0.1, 0.15) is 6.54 Å². The third-order valence-corrected chi connectivity index (χ3v) is 5.94. The van der Waals surface area contributed by atoms with E-state index in [-0.39, 0.29) is 18.5 Å². The lowest BCUT2D eigenvalue weighted by Gasteiger charge is -2.28. The van der Waals surface area contributed by atoms with E-state index in [1.54, 1.807) is 24.3 Å². The van der Waals surface area contributed by atoms with Crippen molar-refractivity contribution in [3.05, 3.63) is 108 Å². The Morgan fingerprint density at radius 1 is 0.879 bits per heavy atom. The number of benzene rings is 3. The molecule has 4 rings (SSSR count). The van der Waals surface area contributed by atoms with E-state index in [0.29, 0.717) is 11.1 Å². The summed E-state index contributed by atoms with van der Waals surface area (Å²) in [5, 5.41) is 5.77. The predicted molar refractivity (Wildman–Crippen MR) is 126 cm³/mol. The van der Waals surface area contributed by atoms with Crippen LogP contribution in [-0.4, -0.2) is 35.3 Å². The number of carbonyl (C=O) groups excluding carboxylic acids is 3. The molecule has 1 aliphatic rings. The van der Waals surface area contributed by atoms with Crippen molar-refractivity contribution in [1.82, 2.24) is 15.5 Å². The molecule has 1 aliphatic heterocycles. The molecule has 3 aromatic rings. The summed E-state index contributed by atoms with van der Waals surface area (Å²) in [5.41, 5.74) is 1.13. The first-order valence-electron chi connectivity index (χ1n) is 11.1. The van der Waals surface area contributed by atoms with E-state index in [0.717, 1.165) is 17.7 Å². The van der Waals surface area contributed by atoms with Crippen molar-refractivity contribution < 1.29 is 14.4 Å². The second-order valence-electron chi connectivity index (χ2n) is 8.30. The molecule has 1 saturated heterocycles. The monoisotopic (exact) mass is 441 g/mol. The lowest BCUT2D eigenvalue weighted by molar-refractivity contribution is -0.134. The van der Waals surface area contributed by atoms with Crippen LogP contribution in [0.4, 0.5) is 4.79 Å². The van der Waals surface area contributed by atoms with E-state index in [4.69, 9.17) is 0 Å². The fraction of sp³-hybridized carbons (Fsp3) is 0.222. The number of nitrogens with one attached hydrogen (secondary N) is 2. The van der Waals surface area contributed by atoms with Gasteiger partial charge in [0.05, 0.1) is 0 Å². The summed E-state index contributed by atoms with van der Waals surface area (Å²) in [6, 6.07) is 27.6. The van der Waals surface area contributed by atoms with Gasteiger partial charge in [-0.25, -0.2) is 4.79 Å². The van der Waals surface area contributed by atoms with Gasteiger partial charge in [-0.05, 0) is 36.5 Å². The van der Waals surface area contributed by atoms with E-state index >= 15 is 0 Å². The Kier molecular flexibility index (Phi) is 6.54. The van der Waals surface area contributed by atoms with Crippen LogP contribution in [0, 0.1) is 0 Å². The summed E-state index contributed by atoms with van der Waals surface area (Å²) in [4.78, 5) is 40.2. The summed E-state index contributed by atoms with van der Waals surface area (Å²) in [7, 11) is 0. The third-order valence-electron chi connectivity index (χ3n) is 5.94. The molecule has 1 unspecified atom stereocenters. The molecule has 0 aliphatic carbocycles. The van der Waals surface area contributed by atoms with Gasteiger partial charge in [-0.1, -0.05) is 91.0 Å². The lowest BCUT2D eigenvalue weighted by atomic mass is 9.82. The highest BCUT2D eigenvalue weighted by Gasteiger charge is 2.54. The molecule has 168 valence electrons. The van der Waals surface area contributed by atoms with Gasteiger partial charge in [-0.2, -0.15) is 0 Å². The predicted octanol–water partition coefficient (Wildman–Crippen LogP) is 3.62. The van der Waals surface area contributed by atoms with Crippen LogP contribution in [0.2, 0.25) is 0 Å². The average Bonchev–Trinajstić information content (AvgIpc) is 3.10. The van der Waals surface area contributed by atoms with Gasteiger partial charge in [0.15, 0.2) is 5.54 Å². The molecular weight excluding hydrogens is 414 g/mol. The topological polar surface area (TPSA) is 78.5 Å². The quantitative estimate of drug-likeness (QED) is 0.524. The molecule has 1 fully saturated rings. The highest BCUT2D eigenvalue weighted by atomic mass is 16.2. The van der Waals surface area contributed by atoms with Gasteiger partial charge >= 0.3 is 6.03 Å². The van der Waals surface area contributed by atoms with E-state index in [9.17, 15) is 14.4 Å². The summed E-state index contributed by atoms with van der Waals surface area (Å²) in [5.74, 6) is -0.826. The van der Waals surface area contributed by atoms with Crippen LogP contribution >= 0.6 is 0 Å². The molecular formula is C27H27N3O3. The fourth-order valence-corrected chi connectivity index (χ4v) is 4.22. The molecule has 0 spiro atoms. The molecule has 33 heavy (non-hydrogen) atoms. The summed E-state index contributed by atoms with van der Waals surface area (Å²) >= 11 is 0. The number of hydrogen-bond donors (Lipinski definition) is 2. The maximum absolute atomic E-state index is 13.6. The zero-order chi connectivity index (χ0) is 23.3. The summed E-state index contributed by atoms with van der Waals surface area (Å²) in [6.45, 7) is 1.59. The van der Waals surface area contributed by atoms with Crippen LogP contribution in [0.5, 0.6) is 0 Å². The Balaban J connectivity index is 1.48. The number of rotatable bonds is 8. The first-order chi connectivity index (χ1) is 16.0. The Morgan fingerprint density at radius 3 is 1.94 bits per heavy atom. The molecule has 1 heterocycles. The Hall–Kier alpha value is -3.93. The van der Waals surface area contributed by atoms with Crippen LogP contribution in [0.1, 0.15) is 30.0 Å². The van der Waals surface area contributed by atoms with Crippen molar-refractivity contribution in [3.63, 3.8) is 0 Å². The second-order valence-corrected chi connectivity index (χ2v) is 8.30. The molecule has 6 heteroatoms. The molecule has 0 radical (unpaired) electrons. The van der Waals surface area contributed by atoms with Gasteiger partial charge in [0.25, 0.3) is 5.91 Å². The maximum Gasteiger partial charge on any atom is 0.326 e. The molecule has 0 bridgehead atoms. The Bertz CT molecular complexity index is 1080. The van der Waals surface area contributed by atoms with E-state index in [1.807, 2.05) is 61.5 Å². The van der Waals surface area contributed by atoms with E-state index < -0.39 is 17.5 Å². The largest absolute Gasteiger partial charge is 0.352 e. The zero-order valence-electron chi connectivity index (χ0n) is 18.5. The number of carbonyl (C=O) groups is 3. The van der Waals surface area contributed by atoms with Crippen LogP contribution in [0.3, 0.4) is 0 Å². The molecule has 1 atom stereocenters. The number of nitrogens with zero attached hydrogens (tertiary/aromatic N) is 1. The van der Waals surface area contributed by atoms with Crippen molar-refractivity contribution in [2.45, 2.75) is 31.3 Å². The van der Waals surface area contributed by atoms with Gasteiger partial charge in [-0.15, -0.1) is 0 Å². The van der Waals surface area contributed by atoms with Crippen LogP contribution in [-0.2, 0) is 21.5 Å². The van der Waals surface area contributed by atoms with E-state index in [1.165, 1.54) is 5.56 Å². The lowest BCUT2D eigenvalue weighted by Crippen LogP contribution is -2.46. The minimum absolute atomic E-state index is 0.0912. The SMILES string of the molecule is CC(CCc1ccccc1)NC(=O)CN1C(=O)NC(c2ccccc2)(c2ccccc2)C1=O. The van der Waals surface area contributed by atoms with Gasteiger partial charge < -0.3 is 10.6 Å². The third kappa shape index (κ3) is 4.65. The molecule has 3 aromatic carbocycles.